The first-order valence-electron chi connectivity index (χ1n) is 9.95. The molecule has 28 heavy (non-hydrogen) atoms. The summed E-state index contributed by atoms with van der Waals surface area (Å²) in [5, 5.41) is 0. The van der Waals surface area contributed by atoms with Gasteiger partial charge in [-0.25, -0.2) is 0 Å². The Labute approximate surface area is 173 Å². The fourth-order valence-electron chi connectivity index (χ4n) is 3.25. The lowest BCUT2D eigenvalue weighted by Crippen LogP contribution is -2.58. The van der Waals surface area contributed by atoms with Crippen LogP contribution < -0.4 is 14.0 Å². The molecule has 0 fully saturated rings. The van der Waals surface area contributed by atoms with Crippen molar-refractivity contribution < 1.29 is 28.9 Å². The molecule has 0 heterocycles. The second-order valence-electron chi connectivity index (χ2n) is 8.02. The van der Waals surface area contributed by atoms with Gasteiger partial charge in [-0.2, -0.15) is 14.0 Å². The Bertz CT molecular complexity index is 512. The third-order valence-corrected chi connectivity index (χ3v) is 5.01. The van der Waals surface area contributed by atoms with Crippen LogP contribution in [-0.4, -0.2) is 49.2 Å². The molecule has 0 radical (unpaired) electrons. The fraction of sp³-hybridized carbons (Fsp3) is 0.714. The normalized spacial score (nSPS) is 14.0. The van der Waals surface area contributed by atoms with Crippen LogP contribution in [0.5, 0.6) is 0 Å². The average Bonchev–Trinajstić information content (AvgIpc) is 2.56. The van der Waals surface area contributed by atoms with Crippen LogP contribution in [0.1, 0.15) is 63.5 Å². The molecule has 0 aliphatic carbocycles. The Hall–Kier alpha value is -0.730. The quantitative estimate of drug-likeness (QED) is 0.534. The smallest absolute Gasteiger partial charge is 0.0777 e. The van der Waals surface area contributed by atoms with Gasteiger partial charge in [-0.15, -0.1) is 0 Å². The minimum atomic E-state index is -4.69. The maximum atomic E-state index is 8.60. The highest BCUT2D eigenvalue weighted by atomic mass is 35.7. The third kappa shape index (κ3) is 12.7. The number of hydrogen-bond donors (Lipinski definition) is 1. The molecule has 0 aromatic heterocycles. The van der Waals surface area contributed by atoms with Crippen LogP contribution in [0, 0.1) is 10.2 Å². The molecule has 1 aromatic rings. The first-order valence-corrected chi connectivity index (χ1v) is 11.2. The SMILES string of the molecule is CCCCCCCCc1ccc(C(C)(CN(C)C)N(C)C)cc1.[O-][Cl+3]([O-])([O-])O. The summed E-state index contributed by atoms with van der Waals surface area (Å²) in [5.41, 5.74) is 2.94. The number of rotatable bonds is 11. The van der Waals surface area contributed by atoms with E-state index in [1.54, 1.807) is 0 Å². The third-order valence-electron chi connectivity index (χ3n) is 5.01. The van der Waals surface area contributed by atoms with Crippen molar-refractivity contribution >= 4 is 0 Å². The van der Waals surface area contributed by atoms with E-state index < -0.39 is 10.2 Å². The average molecular weight is 419 g/mol. The summed E-state index contributed by atoms with van der Waals surface area (Å²) >= 11 is 0. The standard InChI is InChI=1S/C21H38N2.ClHO4/c1-7-8-9-10-11-12-13-19-14-16-20(17-15-19)21(2,23(5)6)18-22(3)4;2-1(3,4)5/h14-17H,7-13,18H2,1-6H3;(H,2,3,4,5). The number of aryl methyl sites for hydroxylation is 1. The molecule has 0 bridgehead atoms. The van der Waals surface area contributed by atoms with Crippen LogP contribution in [0.15, 0.2) is 24.3 Å². The van der Waals surface area contributed by atoms with Crippen molar-refractivity contribution in [1.29, 1.82) is 0 Å². The molecule has 1 atom stereocenters. The Balaban J connectivity index is 0.00000129. The van der Waals surface area contributed by atoms with Gasteiger partial charge in [-0.1, -0.05) is 63.3 Å². The van der Waals surface area contributed by atoms with E-state index in [4.69, 9.17) is 18.6 Å². The Morgan fingerprint density at radius 2 is 1.36 bits per heavy atom. The van der Waals surface area contributed by atoms with E-state index in [-0.39, 0.29) is 5.54 Å². The van der Waals surface area contributed by atoms with Gasteiger partial charge >= 0.3 is 0 Å². The summed E-state index contributed by atoms with van der Waals surface area (Å²) in [6.45, 7) is 5.63. The van der Waals surface area contributed by atoms with Gasteiger partial charge in [0.1, 0.15) is 0 Å². The Morgan fingerprint density at radius 3 is 1.79 bits per heavy atom. The molecule has 164 valence electrons. The minimum absolute atomic E-state index is 0.0577. The highest BCUT2D eigenvalue weighted by molar-refractivity contribution is 5.28. The predicted molar refractivity (Wildman–Crippen MR) is 105 cm³/mol. The molecule has 1 rings (SSSR count). The number of likely N-dealkylation sites (N-methyl/N-ethyl adjacent to an activating group) is 2. The van der Waals surface area contributed by atoms with E-state index in [9.17, 15) is 0 Å². The second-order valence-corrected chi connectivity index (χ2v) is 8.81. The highest BCUT2D eigenvalue weighted by Gasteiger charge is 2.29. The maximum Gasteiger partial charge on any atom is 0.0777 e. The molecule has 0 amide bonds. The molecule has 1 aromatic carbocycles. The van der Waals surface area contributed by atoms with E-state index in [2.05, 4.69) is 76.1 Å². The van der Waals surface area contributed by atoms with Crippen molar-refractivity contribution in [1.82, 2.24) is 9.80 Å². The van der Waals surface area contributed by atoms with E-state index in [0.29, 0.717) is 0 Å². The second kappa shape index (κ2) is 13.5. The molecule has 6 nitrogen and oxygen atoms in total. The predicted octanol–water partition coefficient (Wildman–Crippen LogP) is 0.804. The largest absolute Gasteiger partial charge is 0.307 e. The number of unbranched alkanes of at least 4 members (excludes halogenated alkanes) is 5. The molecular formula is C21H39ClN2O4. The summed E-state index contributed by atoms with van der Waals surface area (Å²) in [7, 11) is 3.95. The van der Waals surface area contributed by atoms with Crippen molar-refractivity contribution in [2.45, 2.75) is 64.3 Å². The highest BCUT2D eigenvalue weighted by Crippen LogP contribution is 2.27. The van der Waals surface area contributed by atoms with Crippen molar-refractivity contribution in [3.05, 3.63) is 35.4 Å². The monoisotopic (exact) mass is 418 g/mol. The lowest BCUT2D eigenvalue weighted by Gasteiger charge is -2.39. The topological polar surface area (TPSA) is 95.9 Å². The summed E-state index contributed by atoms with van der Waals surface area (Å²) in [4.78, 5) is 4.60. The Kier molecular flexibility index (Phi) is 13.1. The van der Waals surface area contributed by atoms with Crippen molar-refractivity contribution in [3.63, 3.8) is 0 Å². The lowest BCUT2D eigenvalue weighted by molar-refractivity contribution is -1.92. The van der Waals surface area contributed by atoms with Gasteiger partial charge in [0, 0.05) is 6.54 Å². The Morgan fingerprint density at radius 1 is 0.893 bits per heavy atom. The molecule has 0 saturated carbocycles. The molecule has 0 aliphatic rings. The summed E-state index contributed by atoms with van der Waals surface area (Å²) < 4.78 is 32.7. The molecule has 1 unspecified atom stereocenters. The summed E-state index contributed by atoms with van der Waals surface area (Å²) in [6, 6.07) is 9.32. The van der Waals surface area contributed by atoms with Crippen molar-refractivity contribution in [3.8, 4) is 0 Å². The van der Waals surface area contributed by atoms with Crippen molar-refractivity contribution in [2.75, 3.05) is 34.7 Å². The fourth-order valence-corrected chi connectivity index (χ4v) is 3.25. The van der Waals surface area contributed by atoms with Gasteiger partial charge in [0.2, 0.25) is 0 Å². The zero-order valence-electron chi connectivity index (χ0n) is 18.4. The van der Waals surface area contributed by atoms with Crippen LogP contribution in [0.25, 0.3) is 0 Å². The van der Waals surface area contributed by atoms with Crippen LogP contribution >= 0.6 is 0 Å². The van der Waals surface area contributed by atoms with Gasteiger partial charge in [-0.05, 0) is 59.1 Å². The van der Waals surface area contributed by atoms with E-state index in [0.717, 1.165) is 6.54 Å². The molecule has 7 heteroatoms. The lowest BCUT2D eigenvalue weighted by atomic mass is 9.89. The number of halogens is 1. The molecule has 0 aliphatic heterocycles. The van der Waals surface area contributed by atoms with E-state index >= 15 is 0 Å². The number of nitrogens with zero attached hydrogens (tertiary/aromatic N) is 2. The van der Waals surface area contributed by atoms with Gasteiger partial charge < -0.3 is 4.90 Å². The zero-order valence-corrected chi connectivity index (χ0v) is 19.2. The van der Waals surface area contributed by atoms with Gasteiger partial charge in [0.25, 0.3) is 0 Å². The number of hydrogen-bond acceptors (Lipinski definition) is 6. The van der Waals surface area contributed by atoms with Crippen LogP contribution in [0.2, 0.25) is 0 Å². The zero-order chi connectivity index (χ0) is 21.8. The minimum Gasteiger partial charge on any atom is -0.307 e. The molecular weight excluding hydrogens is 380 g/mol. The summed E-state index contributed by atoms with van der Waals surface area (Å²) in [5.74, 6) is 0. The number of benzene rings is 1. The van der Waals surface area contributed by atoms with Gasteiger partial charge in [-0.3, -0.25) is 4.90 Å². The summed E-state index contributed by atoms with van der Waals surface area (Å²) in [6.07, 6.45) is 9.44. The van der Waals surface area contributed by atoms with E-state index in [1.807, 2.05) is 0 Å². The van der Waals surface area contributed by atoms with E-state index in [1.165, 1.54) is 56.1 Å². The first-order chi connectivity index (χ1) is 12.9. The molecule has 0 spiro atoms. The van der Waals surface area contributed by atoms with Crippen LogP contribution in [0.4, 0.5) is 0 Å². The van der Waals surface area contributed by atoms with Crippen LogP contribution in [-0.2, 0) is 12.0 Å². The van der Waals surface area contributed by atoms with Gasteiger partial charge in [0.15, 0.2) is 0 Å². The molecule has 1 N–H and O–H groups in total. The molecule has 0 saturated heterocycles. The first kappa shape index (κ1) is 27.3. The van der Waals surface area contributed by atoms with Crippen LogP contribution in [0.3, 0.4) is 0 Å². The van der Waals surface area contributed by atoms with Gasteiger partial charge in [0.05, 0.1) is 20.4 Å². The van der Waals surface area contributed by atoms with Crippen molar-refractivity contribution in [2.24, 2.45) is 0 Å². The maximum absolute atomic E-state index is 8.60.